The Balaban J connectivity index is 1.68. The monoisotopic (exact) mass is 371 g/mol. The van der Waals surface area contributed by atoms with Crippen LogP contribution in [0.4, 0.5) is 0 Å². The first kappa shape index (κ1) is 17.2. The van der Waals surface area contributed by atoms with Gasteiger partial charge in [0.2, 0.25) is 0 Å². The van der Waals surface area contributed by atoms with Gasteiger partial charge in [-0.25, -0.2) is 9.78 Å². The van der Waals surface area contributed by atoms with E-state index >= 15 is 0 Å². The Morgan fingerprint density at radius 3 is 3.00 bits per heavy atom. The summed E-state index contributed by atoms with van der Waals surface area (Å²) in [5.74, 6) is 1.24. The lowest BCUT2D eigenvalue weighted by atomic mass is 9.53. The molecule has 0 radical (unpaired) electrons. The molecule has 1 fully saturated rings. The third kappa shape index (κ3) is 2.27. The van der Waals surface area contributed by atoms with E-state index in [4.69, 9.17) is 19.2 Å². The molecule has 2 aliphatic heterocycles. The highest BCUT2D eigenvalue weighted by Crippen LogP contribution is 2.62. The number of likely N-dealkylation sites (tertiary alicyclic amines) is 1. The van der Waals surface area contributed by atoms with Crippen LogP contribution >= 0.6 is 0 Å². The van der Waals surface area contributed by atoms with Gasteiger partial charge in [-0.15, -0.1) is 0 Å². The van der Waals surface area contributed by atoms with Crippen LogP contribution in [-0.2, 0) is 26.4 Å². The Morgan fingerprint density at radius 2 is 2.22 bits per heavy atom. The SMILES string of the molecule is CCOOC1C=CC2[C@H]3Cc4ccc(OC(C)=O)c5c4[C@@]2(CCN3C)C1O5. The fraction of sp³-hybridized carbons (Fsp3) is 0.571. The van der Waals surface area contributed by atoms with E-state index in [2.05, 4.69) is 30.2 Å². The predicted octanol–water partition coefficient (Wildman–Crippen LogP) is 2.39. The lowest BCUT2D eigenvalue weighted by Gasteiger charge is -2.56. The van der Waals surface area contributed by atoms with Gasteiger partial charge in [0.15, 0.2) is 11.5 Å². The normalized spacial score (nSPS) is 35.5. The number of esters is 1. The topological polar surface area (TPSA) is 57.2 Å². The minimum atomic E-state index is -0.337. The van der Waals surface area contributed by atoms with E-state index in [1.54, 1.807) is 0 Å². The van der Waals surface area contributed by atoms with Gasteiger partial charge in [-0.05, 0) is 45.0 Å². The molecule has 2 aliphatic carbocycles. The number of benzene rings is 1. The highest BCUT2D eigenvalue weighted by molar-refractivity contribution is 5.72. The van der Waals surface area contributed by atoms with E-state index in [-0.39, 0.29) is 23.6 Å². The minimum Gasteiger partial charge on any atom is -0.482 e. The van der Waals surface area contributed by atoms with E-state index < -0.39 is 0 Å². The molecule has 1 aromatic carbocycles. The number of rotatable bonds is 4. The molecule has 0 N–H and O–H groups in total. The molecule has 6 nitrogen and oxygen atoms in total. The van der Waals surface area contributed by atoms with E-state index in [9.17, 15) is 4.79 Å². The maximum Gasteiger partial charge on any atom is 0.308 e. The predicted molar refractivity (Wildman–Crippen MR) is 97.7 cm³/mol. The summed E-state index contributed by atoms with van der Waals surface area (Å²) in [7, 11) is 2.21. The van der Waals surface area contributed by atoms with Crippen molar-refractivity contribution in [2.24, 2.45) is 5.92 Å². The summed E-state index contributed by atoms with van der Waals surface area (Å²) in [4.78, 5) is 25.0. The number of carbonyl (C=O) groups excluding carboxylic acids is 1. The van der Waals surface area contributed by atoms with Crippen LogP contribution in [0.3, 0.4) is 0 Å². The van der Waals surface area contributed by atoms with Crippen LogP contribution < -0.4 is 9.47 Å². The lowest BCUT2D eigenvalue weighted by molar-refractivity contribution is -0.328. The summed E-state index contributed by atoms with van der Waals surface area (Å²) in [5.41, 5.74) is 2.35. The van der Waals surface area contributed by atoms with Crippen LogP contribution in [-0.4, -0.2) is 49.3 Å². The van der Waals surface area contributed by atoms with Crippen LogP contribution in [0.25, 0.3) is 0 Å². The van der Waals surface area contributed by atoms with Gasteiger partial charge in [0.1, 0.15) is 12.2 Å². The van der Waals surface area contributed by atoms with Crippen LogP contribution in [0.2, 0.25) is 0 Å². The summed E-state index contributed by atoms with van der Waals surface area (Å²) in [5, 5.41) is 0. The third-order valence-corrected chi connectivity index (χ3v) is 6.67. The Kier molecular flexibility index (Phi) is 3.86. The van der Waals surface area contributed by atoms with Crippen molar-refractivity contribution in [3.05, 3.63) is 35.4 Å². The van der Waals surface area contributed by atoms with Crippen molar-refractivity contribution in [2.75, 3.05) is 20.2 Å². The van der Waals surface area contributed by atoms with Gasteiger partial charge in [0, 0.05) is 29.9 Å². The number of likely N-dealkylation sites (N-methyl/N-ethyl adjacent to an activating group) is 1. The molecular weight excluding hydrogens is 346 g/mol. The molecule has 2 bridgehead atoms. The largest absolute Gasteiger partial charge is 0.482 e. The molecule has 4 aliphatic rings. The van der Waals surface area contributed by atoms with E-state index in [0.717, 1.165) is 25.1 Å². The van der Waals surface area contributed by atoms with Crippen molar-refractivity contribution < 1.29 is 24.0 Å². The summed E-state index contributed by atoms with van der Waals surface area (Å²) in [6, 6.07) is 4.40. The zero-order valence-electron chi connectivity index (χ0n) is 15.9. The molecule has 0 saturated carbocycles. The zero-order valence-corrected chi connectivity index (χ0v) is 15.9. The average Bonchev–Trinajstić information content (AvgIpc) is 2.99. The van der Waals surface area contributed by atoms with Crippen molar-refractivity contribution in [1.29, 1.82) is 0 Å². The van der Waals surface area contributed by atoms with Crippen molar-refractivity contribution in [2.45, 2.75) is 50.4 Å². The molecule has 1 aromatic rings. The maximum absolute atomic E-state index is 11.6. The number of nitrogens with zero attached hydrogens (tertiary/aromatic N) is 1. The number of hydrogen-bond acceptors (Lipinski definition) is 6. The first-order valence-corrected chi connectivity index (χ1v) is 9.74. The molecule has 1 saturated heterocycles. The average molecular weight is 371 g/mol. The molecule has 5 atom stereocenters. The second-order valence-corrected chi connectivity index (χ2v) is 7.98. The summed E-state index contributed by atoms with van der Waals surface area (Å²) < 4.78 is 12.0. The highest BCUT2D eigenvalue weighted by atomic mass is 17.2. The van der Waals surface area contributed by atoms with Gasteiger partial charge in [0.25, 0.3) is 0 Å². The van der Waals surface area contributed by atoms with Gasteiger partial charge >= 0.3 is 5.97 Å². The number of carbonyl (C=O) groups is 1. The minimum absolute atomic E-state index is 0.160. The van der Waals surface area contributed by atoms with Crippen molar-refractivity contribution >= 4 is 5.97 Å². The molecule has 0 amide bonds. The highest BCUT2D eigenvalue weighted by Gasteiger charge is 2.64. The van der Waals surface area contributed by atoms with Crippen molar-refractivity contribution in [3.8, 4) is 11.5 Å². The molecule has 3 unspecified atom stereocenters. The van der Waals surface area contributed by atoms with Crippen molar-refractivity contribution in [3.63, 3.8) is 0 Å². The van der Waals surface area contributed by atoms with E-state index in [1.165, 1.54) is 18.1 Å². The lowest BCUT2D eigenvalue weighted by Crippen LogP contribution is -2.65. The smallest absolute Gasteiger partial charge is 0.308 e. The quantitative estimate of drug-likeness (QED) is 0.266. The van der Waals surface area contributed by atoms with Gasteiger partial charge in [-0.1, -0.05) is 18.2 Å². The maximum atomic E-state index is 11.6. The molecule has 144 valence electrons. The fourth-order valence-corrected chi connectivity index (χ4v) is 5.67. The molecule has 27 heavy (non-hydrogen) atoms. The summed E-state index contributed by atoms with van der Waals surface area (Å²) in [6.45, 7) is 4.81. The number of piperidine rings is 1. The van der Waals surface area contributed by atoms with Gasteiger partial charge in [-0.3, -0.25) is 4.79 Å². The number of hydrogen-bond donors (Lipinski definition) is 0. The summed E-state index contributed by atoms with van der Waals surface area (Å²) >= 11 is 0. The molecule has 0 aromatic heterocycles. The fourth-order valence-electron chi connectivity index (χ4n) is 5.67. The summed E-state index contributed by atoms with van der Waals surface area (Å²) in [6.07, 6.45) is 5.87. The van der Waals surface area contributed by atoms with Crippen LogP contribution in [0.5, 0.6) is 11.5 Å². The standard InChI is InChI=1S/C21H25NO5/c1-4-24-27-17-8-6-14-15-11-13-5-7-16(25-12(2)23)19-18(13)21(14,20(17)26-19)9-10-22(15)3/h5-8,14-15,17,20H,4,9-11H2,1-3H3/t14?,15-,17?,20?,21+/m1/s1. The van der Waals surface area contributed by atoms with Gasteiger partial charge in [-0.2, -0.15) is 0 Å². The van der Waals surface area contributed by atoms with Crippen LogP contribution in [0.15, 0.2) is 24.3 Å². The first-order valence-electron chi connectivity index (χ1n) is 9.74. The molecular formula is C21H25NO5. The first-order chi connectivity index (χ1) is 13.1. The van der Waals surface area contributed by atoms with Gasteiger partial charge in [0.05, 0.1) is 6.61 Å². The van der Waals surface area contributed by atoms with Crippen LogP contribution in [0, 0.1) is 5.92 Å². The Morgan fingerprint density at radius 1 is 1.37 bits per heavy atom. The molecule has 5 rings (SSSR count). The number of ether oxygens (including phenoxy) is 2. The van der Waals surface area contributed by atoms with E-state index in [0.29, 0.717) is 24.3 Å². The second-order valence-electron chi connectivity index (χ2n) is 7.98. The Bertz CT molecular complexity index is 821. The van der Waals surface area contributed by atoms with Gasteiger partial charge < -0.3 is 14.4 Å². The van der Waals surface area contributed by atoms with Crippen LogP contribution in [0.1, 0.15) is 31.4 Å². The zero-order chi connectivity index (χ0) is 18.8. The van der Waals surface area contributed by atoms with E-state index in [1.807, 2.05) is 13.0 Å². The molecule has 1 spiro atoms. The molecule has 6 heteroatoms. The Hall–Kier alpha value is -1.89. The van der Waals surface area contributed by atoms with Crippen molar-refractivity contribution in [1.82, 2.24) is 4.90 Å². The second kappa shape index (κ2) is 6.06. The molecule has 2 heterocycles. The Labute approximate surface area is 158 Å². The third-order valence-electron chi connectivity index (χ3n) is 6.67.